The summed E-state index contributed by atoms with van der Waals surface area (Å²) in [6.07, 6.45) is 0. The van der Waals surface area contributed by atoms with Gasteiger partial charge in [-0.05, 0) is 31.9 Å². The fourth-order valence-electron chi connectivity index (χ4n) is 3.86. The molecule has 0 aromatic carbocycles. The van der Waals surface area contributed by atoms with Gasteiger partial charge in [0.15, 0.2) is 5.38 Å². The first kappa shape index (κ1) is 88.5. The minimum Gasteiger partial charge on any atom is -0.239 e. The zero-order chi connectivity index (χ0) is 56.8. The van der Waals surface area contributed by atoms with Crippen LogP contribution in [0.1, 0.15) is 0 Å². The molecule has 0 radical (unpaired) electrons. The van der Waals surface area contributed by atoms with Crippen molar-refractivity contribution < 1.29 is 12.6 Å². The van der Waals surface area contributed by atoms with Gasteiger partial charge in [0.25, 0.3) is 11.0 Å². The molecule has 410 valence electrons. The number of thiol groups is 1. The number of alkyl halides is 43. The van der Waals surface area contributed by atoms with Crippen LogP contribution in [0.25, 0.3) is 0 Å². The van der Waals surface area contributed by atoms with Gasteiger partial charge in [-0.25, -0.2) is 12.6 Å². The lowest BCUT2D eigenvalue weighted by molar-refractivity contribution is 0.270. The van der Waals surface area contributed by atoms with Gasteiger partial charge in [0.2, 0.25) is 3.42 Å². The Kier molecular flexibility index (Phi) is 37.7. The maximum Gasteiger partial charge on any atom is 0.259 e. The largest absolute Gasteiger partial charge is 0.259 e. The average molecular weight is 3770 g/mol. The van der Waals surface area contributed by atoms with Gasteiger partial charge < -0.3 is 0 Å². The summed E-state index contributed by atoms with van der Waals surface area (Å²) in [5.74, 6) is 0. The molecule has 68 heavy (non-hydrogen) atoms. The van der Waals surface area contributed by atoms with E-state index >= 15 is 0 Å². The number of hydrogen-bond donors (Lipinski definition) is 1. The molecule has 47 heteroatoms. The molecule has 0 heterocycles. The highest BCUT2D eigenvalue weighted by molar-refractivity contribution is 9.43. The topological polar surface area (TPSA) is 43.4 Å². The van der Waals surface area contributed by atoms with E-state index in [9.17, 15) is 8.42 Å². The monoisotopic (exact) mass is 3730 g/mol. The van der Waals surface area contributed by atoms with Gasteiger partial charge in [-0.1, -0.05) is 653 Å². The van der Waals surface area contributed by atoms with Crippen molar-refractivity contribution in [3.05, 3.63) is 0 Å². The first-order chi connectivity index (χ1) is 28.4. The van der Waals surface area contributed by atoms with Crippen molar-refractivity contribution in [2.24, 2.45) is 0 Å². The molecule has 0 amide bonds. The molecule has 0 bridgehead atoms. The average Bonchev–Trinajstić information content (AvgIpc) is 3.08. The summed E-state index contributed by atoms with van der Waals surface area (Å²) >= 11 is 167. The Labute approximate surface area is 755 Å². The summed E-state index contributed by atoms with van der Waals surface area (Å²) in [6, 6.07) is 0. The zero-order valence-electron chi connectivity index (χ0n) is 28.4. The minimum absolute atomic E-state index is 0.951. The normalized spacial score (nSPS) is 17.4. The molecule has 0 aliphatic rings. The summed E-state index contributed by atoms with van der Waals surface area (Å²) < 4.78 is -0.853. The van der Waals surface area contributed by atoms with Gasteiger partial charge >= 0.3 is 0 Å². The molecule has 0 saturated carbocycles. The summed E-state index contributed by atoms with van der Waals surface area (Å²) in [7, 11) is -3.37. The van der Waals surface area contributed by atoms with E-state index in [0.29, 0.717) is 0 Å². The quantitative estimate of drug-likeness (QED) is 0.0920. The van der Waals surface area contributed by atoms with Gasteiger partial charge in [0, 0.05) is 0 Å². The third kappa shape index (κ3) is 15.0. The van der Waals surface area contributed by atoms with Crippen LogP contribution in [0.3, 0.4) is 0 Å². The second-order valence-corrected chi connectivity index (χ2v) is 88.4. The molecule has 0 unspecified atom stereocenters. The second-order valence-electron chi connectivity index (χ2n) is 12.2. The van der Waals surface area contributed by atoms with Crippen molar-refractivity contribution in [2.45, 2.75) is 67.0 Å². The van der Waals surface area contributed by atoms with Crippen molar-refractivity contribution in [2.75, 3.05) is 0 Å². The lowest BCUT2D eigenvalue weighted by Gasteiger charge is -2.63. The Morgan fingerprint density at radius 1 is 0.176 bits per heavy atom. The maximum absolute atomic E-state index is 11.8. The van der Waals surface area contributed by atoms with E-state index in [1.54, 1.807) is 0 Å². The van der Waals surface area contributed by atoms with Crippen molar-refractivity contribution in [3.63, 3.8) is 0 Å². The molecule has 0 aliphatic carbocycles. The Morgan fingerprint density at radius 3 is 0.382 bits per heavy atom. The van der Waals surface area contributed by atoms with E-state index in [-0.39, 0.29) is 0 Å². The standard InChI is InChI=1S/C21HBr43O3S/c22-1(23,2(24,25)4(28,29)6(32,33)8(36,37)10(40,41)12(44,45)14(48,49)16(52,53)18(56,57)20(60,61)62)3(26,27)5(30,31)7(34,35)9(38,39)11(42,43)13(46,47)15(50,51)17(54,55)19(58,59)21(63,64)67-68(65)66/h68H. The van der Waals surface area contributed by atoms with Crippen molar-refractivity contribution in [1.82, 2.24) is 0 Å². The summed E-state index contributed by atoms with van der Waals surface area (Å²) in [5.41, 5.74) is 0. The van der Waals surface area contributed by atoms with Gasteiger partial charge in [0.05, 0.1) is 0 Å². The summed E-state index contributed by atoms with van der Waals surface area (Å²) in [6.45, 7) is 0. The van der Waals surface area contributed by atoms with Gasteiger partial charge in [-0.15, -0.1) is 0 Å². The molecule has 0 saturated heterocycles. The van der Waals surface area contributed by atoms with E-state index < -0.39 is 78.0 Å². The van der Waals surface area contributed by atoms with E-state index in [1.807, 2.05) is 0 Å². The van der Waals surface area contributed by atoms with Gasteiger partial charge in [-0.3, -0.25) is 0 Å². The van der Waals surface area contributed by atoms with Crippen LogP contribution in [0.5, 0.6) is 0 Å². The highest BCUT2D eigenvalue weighted by Crippen LogP contribution is 2.85. The third-order valence-corrected chi connectivity index (χ3v) is 101. The minimum atomic E-state index is -3.37. The number of rotatable bonds is 21. The Morgan fingerprint density at radius 2 is 0.279 bits per heavy atom. The highest BCUT2D eigenvalue weighted by Gasteiger charge is 2.85. The van der Waals surface area contributed by atoms with E-state index in [0.717, 1.165) is 0 Å². The Balaban J connectivity index is 8.06. The second kappa shape index (κ2) is 28.9. The first-order valence-electron chi connectivity index (χ1n) is 13.9. The molecule has 0 spiro atoms. The molecule has 0 atom stereocenters. The van der Waals surface area contributed by atoms with E-state index in [4.69, 9.17) is 4.18 Å². The Hall–Kier alpha value is 20.6. The van der Waals surface area contributed by atoms with Crippen LogP contribution in [0.15, 0.2) is 0 Å². The van der Waals surface area contributed by atoms with Crippen LogP contribution in [-0.2, 0) is 15.2 Å². The van der Waals surface area contributed by atoms with Crippen LogP contribution < -0.4 is 0 Å². The van der Waals surface area contributed by atoms with Crippen LogP contribution >= 0.6 is 685 Å². The molecular formula is C21HBr43O3S. The lowest BCUT2D eigenvalue weighted by Crippen LogP contribution is -2.74. The van der Waals surface area contributed by atoms with Crippen LogP contribution in [-0.4, -0.2) is 75.4 Å². The van der Waals surface area contributed by atoms with E-state index in [2.05, 4.69) is 685 Å². The maximum atomic E-state index is 11.8. The van der Waals surface area contributed by atoms with Crippen molar-refractivity contribution in [1.29, 1.82) is 0 Å². The van der Waals surface area contributed by atoms with E-state index in [1.165, 1.54) is 0 Å². The van der Waals surface area contributed by atoms with Crippen LogP contribution in [0.2, 0.25) is 0 Å². The molecule has 0 fully saturated rings. The zero-order valence-corrected chi connectivity index (χ0v) is 97.5. The highest BCUT2D eigenvalue weighted by atomic mass is 80.0. The molecule has 0 aliphatic heterocycles. The fraction of sp³-hybridized carbons (Fsp3) is 1.00. The first-order valence-corrected chi connectivity index (χ1v) is 49.1. The van der Waals surface area contributed by atoms with Crippen molar-refractivity contribution in [3.8, 4) is 0 Å². The van der Waals surface area contributed by atoms with Gasteiger partial charge in [-0.2, -0.15) is 0 Å². The van der Waals surface area contributed by atoms with Crippen molar-refractivity contribution >= 4 is 696 Å². The molecule has 0 aromatic rings. The predicted octanol–water partition coefficient (Wildman–Crippen LogP) is 31.0. The third-order valence-electron chi connectivity index (χ3n) is 8.01. The lowest BCUT2D eigenvalue weighted by atomic mass is 10.0. The molecule has 0 rings (SSSR count). The molecule has 3 nitrogen and oxygen atoms in total. The molecule has 0 aromatic heterocycles. The molecular weight excluding hydrogens is 3770 g/mol. The predicted molar refractivity (Wildman–Crippen MR) is 453 cm³/mol. The SMILES string of the molecule is O=[SH](=O)OC(Br)(Br)C(Br)(Br)C(Br)(Br)C(Br)(Br)C(Br)(Br)C(Br)(Br)C(Br)(Br)C(Br)(Br)C(Br)(Br)C(Br)(Br)C(Br)(Br)C(Br)(Br)C(Br)(Br)C(Br)(Br)C(Br)(Br)C(Br)(Br)C(Br)(Br)C(Br)(Br)C(Br)(Br)C(Br)(Br)C(Br)(Br)Br. The Bertz CT molecular complexity index is 1920. The fourth-order valence-corrected chi connectivity index (χ4v) is 48.9. The summed E-state index contributed by atoms with van der Waals surface area (Å²) in [4.78, 5) is 0. The number of halogens is 43. The van der Waals surface area contributed by atoms with Crippen LogP contribution in [0.4, 0.5) is 0 Å². The van der Waals surface area contributed by atoms with Crippen LogP contribution in [0, 0.1) is 0 Å². The molecule has 0 N–H and O–H groups in total. The summed E-state index contributed by atoms with van der Waals surface area (Å²) in [5, 5.41) is 0. The number of hydrogen-bond acceptors (Lipinski definition) is 3. The van der Waals surface area contributed by atoms with Gasteiger partial charge in [0.1, 0.15) is 58.2 Å². The smallest absolute Gasteiger partial charge is 0.239 e.